The molecule has 2 rings (SSSR count). The number of nitrogens with zero attached hydrogens (tertiary/aromatic N) is 2. The van der Waals surface area contributed by atoms with Crippen molar-refractivity contribution in [1.29, 1.82) is 0 Å². The number of imidazole rings is 1. The van der Waals surface area contributed by atoms with E-state index in [1.165, 1.54) is 0 Å². The predicted octanol–water partition coefficient (Wildman–Crippen LogP) is 1.18. The van der Waals surface area contributed by atoms with Crippen LogP contribution in [0.5, 0.6) is 0 Å². The molecule has 1 aliphatic carbocycles. The zero-order valence-corrected chi connectivity index (χ0v) is 12.9. The molecule has 0 radical (unpaired) electrons. The van der Waals surface area contributed by atoms with E-state index in [-0.39, 0.29) is 5.03 Å². The molecule has 0 saturated heterocycles. The van der Waals surface area contributed by atoms with E-state index < -0.39 is 22.2 Å². The summed E-state index contributed by atoms with van der Waals surface area (Å²) in [6, 6.07) is -0.408. The summed E-state index contributed by atoms with van der Waals surface area (Å²) in [7, 11) is -3.66. The largest absolute Gasteiger partial charge is 0.391 e. The minimum atomic E-state index is -3.66. The van der Waals surface area contributed by atoms with Crippen molar-refractivity contribution in [3.05, 3.63) is 12.0 Å². The molecular weight excluding hydrogens is 278 g/mol. The van der Waals surface area contributed by atoms with E-state index in [1.807, 2.05) is 6.92 Å². The van der Waals surface area contributed by atoms with Gasteiger partial charge in [0.25, 0.3) is 10.0 Å². The first-order valence-electron chi connectivity index (χ1n) is 7.18. The summed E-state index contributed by atoms with van der Waals surface area (Å²) in [5.74, 6) is 0.675. The third-order valence-electron chi connectivity index (χ3n) is 3.86. The molecule has 0 aromatic carbocycles. The lowest BCUT2D eigenvalue weighted by atomic mass is 10.1. The van der Waals surface area contributed by atoms with Crippen LogP contribution in [0.2, 0.25) is 0 Å². The summed E-state index contributed by atoms with van der Waals surface area (Å²) in [6.07, 6.45) is 5.18. The van der Waals surface area contributed by atoms with Crippen molar-refractivity contribution < 1.29 is 13.5 Å². The van der Waals surface area contributed by atoms with Crippen molar-refractivity contribution in [1.82, 2.24) is 14.3 Å². The van der Waals surface area contributed by atoms with Crippen LogP contribution in [0.25, 0.3) is 0 Å². The van der Waals surface area contributed by atoms with Crippen molar-refractivity contribution in [2.75, 3.05) is 0 Å². The van der Waals surface area contributed by atoms with E-state index in [4.69, 9.17) is 0 Å². The molecule has 0 bridgehead atoms. The van der Waals surface area contributed by atoms with E-state index in [1.54, 1.807) is 17.7 Å². The van der Waals surface area contributed by atoms with E-state index >= 15 is 0 Å². The third-order valence-corrected chi connectivity index (χ3v) is 5.22. The highest BCUT2D eigenvalue weighted by Crippen LogP contribution is 2.20. The number of aromatic nitrogens is 2. The first-order chi connectivity index (χ1) is 9.44. The summed E-state index contributed by atoms with van der Waals surface area (Å²) in [5.41, 5.74) is 0. The summed E-state index contributed by atoms with van der Waals surface area (Å²) in [6.45, 7) is 4.40. The quantitative estimate of drug-likeness (QED) is 0.818. The van der Waals surface area contributed by atoms with Crippen LogP contribution in [0.15, 0.2) is 11.2 Å². The van der Waals surface area contributed by atoms with Crippen molar-refractivity contribution in [2.24, 2.45) is 0 Å². The first kappa shape index (κ1) is 15.5. The fourth-order valence-corrected chi connectivity index (χ4v) is 3.93. The Morgan fingerprint density at radius 3 is 2.75 bits per heavy atom. The average Bonchev–Trinajstić information content (AvgIpc) is 2.67. The van der Waals surface area contributed by atoms with Crippen molar-refractivity contribution in [2.45, 2.75) is 69.7 Å². The zero-order valence-electron chi connectivity index (χ0n) is 12.0. The second-order valence-corrected chi connectivity index (χ2v) is 7.01. The van der Waals surface area contributed by atoms with Crippen LogP contribution in [-0.2, 0) is 16.6 Å². The molecule has 2 N–H and O–H groups in total. The fourth-order valence-electron chi connectivity index (χ4n) is 2.61. The van der Waals surface area contributed by atoms with Crippen molar-refractivity contribution >= 4 is 10.0 Å². The van der Waals surface area contributed by atoms with E-state index in [0.717, 1.165) is 19.3 Å². The number of sulfonamides is 1. The van der Waals surface area contributed by atoms with Crippen LogP contribution in [0, 0.1) is 6.92 Å². The van der Waals surface area contributed by atoms with Crippen LogP contribution in [0.1, 0.15) is 44.9 Å². The molecule has 7 heteroatoms. The van der Waals surface area contributed by atoms with Gasteiger partial charge in [-0.3, -0.25) is 0 Å². The van der Waals surface area contributed by atoms with Crippen LogP contribution in [0.4, 0.5) is 0 Å². The molecule has 1 fully saturated rings. The Morgan fingerprint density at radius 2 is 2.10 bits per heavy atom. The maximum atomic E-state index is 12.3. The maximum absolute atomic E-state index is 12.3. The van der Waals surface area contributed by atoms with Gasteiger partial charge in [0.1, 0.15) is 5.82 Å². The second kappa shape index (κ2) is 6.24. The molecule has 6 nitrogen and oxygen atoms in total. The Morgan fingerprint density at radius 1 is 1.40 bits per heavy atom. The lowest BCUT2D eigenvalue weighted by molar-refractivity contribution is 0.130. The van der Waals surface area contributed by atoms with Gasteiger partial charge in [-0.2, -0.15) is 0 Å². The van der Waals surface area contributed by atoms with Gasteiger partial charge in [-0.25, -0.2) is 18.1 Å². The Hall–Kier alpha value is -0.920. The first-order valence-corrected chi connectivity index (χ1v) is 8.66. The van der Waals surface area contributed by atoms with Crippen LogP contribution in [-0.4, -0.2) is 35.2 Å². The number of rotatable bonds is 4. The van der Waals surface area contributed by atoms with Gasteiger partial charge in [0.05, 0.1) is 6.10 Å². The summed E-state index contributed by atoms with van der Waals surface area (Å²) in [4.78, 5) is 4.10. The van der Waals surface area contributed by atoms with Crippen molar-refractivity contribution in [3.8, 4) is 0 Å². The van der Waals surface area contributed by atoms with Gasteiger partial charge >= 0.3 is 0 Å². The number of nitrogens with one attached hydrogen (secondary N) is 1. The van der Waals surface area contributed by atoms with E-state index in [0.29, 0.717) is 25.2 Å². The highest BCUT2D eigenvalue weighted by Gasteiger charge is 2.28. The molecule has 1 heterocycles. The van der Waals surface area contributed by atoms with E-state index in [2.05, 4.69) is 9.71 Å². The smallest absolute Gasteiger partial charge is 0.259 e. The van der Waals surface area contributed by atoms with Gasteiger partial charge in [0.2, 0.25) is 0 Å². The zero-order chi connectivity index (χ0) is 14.8. The summed E-state index contributed by atoms with van der Waals surface area (Å²) in [5, 5.41) is 10.0. The minimum Gasteiger partial charge on any atom is -0.391 e. The Labute approximate surface area is 120 Å². The molecule has 1 aliphatic rings. The maximum Gasteiger partial charge on any atom is 0.259 e. The SMILES string of the molecule is CCn1cc(S(=O)(=O)NC2CCCCCC2O)nc1C. The highest BCUT2D eigenvalue weighted by molar-refractivity contribution is 7.89. The molecule has 0 aliphatic heterocycles. The molecule has 0 amide bonds. The molecule has 1 aromatic rings. The molecule has 0 spiro atoms. The van der Waals surface area contributed by atoms with Gasteiger partial charge in [-0.15, -0.1) is 0 Å². The van der Waals surface area contributed by atoms with Crippen LogP contribution in [0.3, 0.4) is 0 Å². The second-order valence-electron chi connectivity index (χ2n) is 5.35. The topological polar surface area (TPSA) is 84.2 Å². The summed E-state index contributed by atoms with van der Waals surface area (Å²) >= 11 is 0. The Bertz CT molecular complexity index is 553. The number of aryl methyl sites for hydroxylation is 2. The minimum absolute atomic E-state index is 0.0355. The Kier molecular flexibility index (Phi) is 4.82. The molecule has 2 unspecified atom stereocenters. The lowest BCUT2D eigenvalue weighted by Gasteiger charge is -2.20. The summed E-state index contributed by atoms with van der Waals surface area (Å²) < 4.78 is 29.1. The third kappa shape index (κ3) is 3.39. The lowest BCUT2D eigenvalue weighted by Crippen LogP contribution is -2.42. The van der Waals surface area contributed by atoms with Gasteiger partial charge < -0.3 is 9.67 Å². The molecular formula is C13H23N3O3S. The monoisotopic (exact) mass is 301 g/mol. The number of aliphatic hydroxyl groups is 1. The van der Waals surface area contributed by atoms with Gasteiger partial charge in [0.15, 0.2) is 5.03 Å². The number of hydrogen-bond acceptors (Lipinski definition) is 4. The molecule has 20 heavy (non-hydrogen) atoms. The number of aliphatic hydroxyl groups excluding tert-OH is 1. The normalized spacial score (nSPS) is 24.6. The Balaban J connectivity index is 2.17. The molecule has 1 saturated carbocycles. The predicted molar refractivity (Wildman–Crippen MR) is 75.8 cm³/mol. The van der Waals surface area contributed by atoms with Gasteiger partial charge in [-0.1, -0.05) is 19.3 Å². The van der Waals surface area contributed by atoms with Gasteiger partial charge in [0, 0.05) is 18.8 Å². The van der Waals surface area contributed by atoms with Crippen LogP contribution < -0.4 is 4.72 Å². The highest BCUT2D eigenvalue weighted by atomic mass is 32.2. The molecule has 2 atom stereocenters. The average molecular weight is 301 g/mol. The van der Waals surface area contributed by atoms with E-state index in [9.17, 15) is 13.5 Å². The van der Waals surface area contributed by atoms with Crippen LogP contribution >= 0.6 is 0 Å². The number of hydrogen-bond donors (Lipinski definition) is 2. The van der Waals surface area contributed by atoms with Gasteiger partial charge in [-0.05, 0) is 26.7 Å². The molecule has 114 valence electrons. The fraction of sp³-hybridized carbons (Fsp3) is 0.769. The molecule has 1 aromatic heterocycles. The standard InChI is InChI=1S/C13H23N3O3S/c1-3-16-9-13(14-10(16)2)20(18,19)15-11-7-5-4-6-8-12(11)17/h9,11-12,15,17H,3-8H2,1-2H3. The van der Waals surface area contributed by atoms with Crippen molar-refractivity contribution in [3.63, 3.8) is 0 Å².